The van der Waals surface area contributed by atoms with Crippen LogP contribution in [0.3, 0.4) is 0 Å². The van der Waals surface area contributed by atoms with Gasteiger partial charge in [0.15, 0.2) is 17.2 Å². The number of pyridine rings is 1. The van der Waals surface area contributed by atoms with Gasteiger partial charge in [-0.3, -0.25) is 0 Å². The highest BCUT2D eigenvalue weighted by Gasteiger charge is 2.26. The molecule has 4 rings (SSSR count). The molecule has 1 aromatic heterocycles. The Balaban J connectivity index is 2.07. The van der Waals surface area contributed by atoms with Gasteiger partial charge in [0.2, 0.25) is 12.5 Å². The van der Waals surface area contributed by atoms with E-state index in [1.807, 2.05) is 42.5 Å². The lowest BCUT2D eigenvalue weighted by molar-refractivity contribution is -0.599. The van der Waals surface area contributed by atoms with Gasteiger partial charge in [0.25, 0.3) is 0 Å². The molecule has 5 heteroatoms. The van der Waals surface area contributed by atoms with Gasteiger partial charge < -0.3 is 19.4 Å². The maximum absolute atomic E-state index is 12.7. The Kier molecular flexibility index (Phi) is 3.01. The van der Waals surface area contributed by atoms with Crippen LogP contribution in [0.4, 0.5) is 0 Å². The van der Waals surface area contributed by atoms with Crippen molar-refractivity contribution in [1.82, 2.24) is 0 Å². The third-order valence-corrected chi connectivity index (χ3v) is 4.06. The molecule has 2 aromatic carbocycles. The van der Waals surface area contributed by atoms with E-state index in [1.54, 1.807) is 14.0 Å². The van der Waals surface area contributed by atoms with Crippen LogP contribution >= 0.6 is 0 Å². The van der Waals surface area contributed by atoms with Crippen LogP contribution in [0.5, 0.6) is 17.2 Å². The molecule has 1 aliphatic rings. The number of ether oxygens (including phenoxy) is 3. The summed E-state index contributed by atoms with van der Waals surface area (Å²) in [6.45, 7) is 1.97. The first-order valence-corrected chi connectivity index (χ1v) is 7.29. The Labute approximate surface area is 133 Å². The molecule has 0 unspecified atom stereocenters. The summed E-state index contributed by atoms with van der Waals surface area (Å²) < 4.78 is 17.2. The molecular weight excluding hydrogens is 294 g/mol. The molecule has 2 heterocycles. The van der Waals surface area contributed by atoms with Crippen LogP contribution in [0.15, 0.2) is 42.5 Å². The lowest BCUT2D eigenvalue weighted by atomic mass is 10.0. The number of hydrogen-bond acceptors (Lipinski definition) is 4. The third-order valence-electron chi connectivity index (χ3n) is 4.06. The zero-order valence-corrected chi connectivity index (χ0v) is 12.8. The largest absolute Gasteiger partial charge is 0.618 e. The van der Waals surface area contributed by atoms with Crippen molar-refractivity contribution in [3.8, 4) is 28.5 Å². The van der Waals surface area contributed by atoms with Crippen molar-refractivity contribution in [2.24, 2.45) is 0 Å². The smallest absolute Gasteiger partial charge is 0.235 e. The molecule has 0 saturated heterocycles. The topological polar surface area (TPSA) is 54.6 Å². The molecule has 0 aliphatic carbocycles. The Morgan fingerprint density at radius 1 is 1.09 bits per heavy atom. The summed E-state index contributed by atoms with van der Waals surface area (Å²) in [6, 6.07) is 13.1. The number of fused-ring (bicyclic) bond motifs is 3. The Hall–Kier alpha value is -2.95. The average Bonchev–Trinajstić information content (AvgIpc) is 3.05. The monoisotopic (exact) mass is 309 g/mol. The van der Waals surface area contributed by atoms with Crippen molar-refractivity contribution < 1.29 is 18.9 Å². The summed E-state index contributed by atoms with van der Waals surface area (Å²) >= 11 is 0. The summed E-state index contributed by atoms with van der Waals surface area (Å²) in [5.41, 5.74) is 1.99. The van der Waals surface area contributed by atoms with Crippen LogP contribution in [-0.4, -0.2) is 13.9 Å². The van der Waals surface area contributed by atoms with E-state index in [-0.39, 0.29) is 6.79 Å². The molecule has 0 amide bonds. The highest BCUT2D eigenvalue weighted by Crippen LogP contribution is 2.42. The van der Waals surface area contributed by atoms with Crippen LogP contribution in [0.2, 0.25) is 0 Å². The van der Waals surface area contributed by atoms with Crippen LogP contribution in [-0.2, 0) is 0 Å². The van der Waals surface area contributed by atoms with E-state index in [1.165, 1.54) is 0 Å². The number of nitrogens with zero attached hydrogens (tertiary/aromatic N) is 1. The van der Waals surface area contributed by atoms with Gasteiger partial charge in [-0.15, -0.1) is 0 Å². The van der Waals surface area contributed by atoms with Crippen LogP contribution in [0.25, 0.3) is 22.0 Å². The van der Waals surface area contributed by atoms with Crippen molar-refractivity contribution in [1.29, 1.82) is 0 Å². The summed E-state index contributed by atoms with van der Waals surface area (Å²) in [5.74, 6) is 2.03. The first-order chi connectivity index (χ1) is 11.2. The summed E-state index contributed by atoms with van der Waals surface area (Å²) in [6.07, 6.45) is 0. The average molecular weight is 309 g/mol. The van der Waals surface area contributed by atoms with Gasteiger partial charge in [0.1, 0.15) is 11.1 Å². The van der Waals surface area contributed by atoms with Crippen molar-refractivity contribution in [3.63, 3.8) is 0 Å². The Morgan fingerprint density at radius 2 is 1.87 bits per heavy atom. The summed E-state index contributed by atoms with van der Waals surface area (Å²) in [7, 11) is 1.61. The molecule has 0 fully saturated rings. The van der Waals surface area contributed by atoms with Gasteiger partial charge in [-0.2, -0.15) is 4.73 Å². The van der Waals surface area contributed by atoms with Crippen molar-refractivity contribution >= 4 is 10.8 Å². The molecule has 0 radical (unpaired) electrons. The standard InChI is InChI=1S/C18H15NO4/c1-11-9-13-5-8-15-18(23-10-22-15)16(13)17(19(11)20)12-3-6-14(21-2)7-4-12/h3-9H,10H2,1-2H3. The normalized spacial score (nSPS) is 12.6. The van der Waals surface area contributed by atoms with E-state index < -0.39 is 0 Å². The molecule has 23 heavy (non-hydrogen) atoms. The minimum absolute atomic E-state index is 0.170. The number of aromatic nitrogens is 1. The molecule has 116 valence electrons. The third kappa shape index (κ3) is 2.04. The lowest BCUT2D eigenvalue weighted by Crippen LogP contribution is -2.33. The van der Waals surface area contributed by atoms with Gasteiger partial charge in [0, 0.05) is 18.6 Å². The van der Waals surface area contributed by atoms with Crippen LogP contribution in [0.1, 0.15) is 5.69 Å². The molecule has 0 N–H and O–H groups in total. The molecule has 5 nitrogen and oxygen atoms in total. The van der Waals surface area contributed by atoms with Crippen molar-refractivity contribution in [3.05, 3.63) is 53.4 Å². The van der Waals surface area contributed by atoms with E-state index in [2.05, 4.69) is 0 Å². The zero-order chi connectivity index (χ0) is 16.0. The summed E-state index contributed by atoms with van der Waals surface area (Å²) in [4.78, 5) is 0. The van der Waals surface area contributed by atoms with Gasteiger partial charge in [-0.05, 0) is 41.8 Å². The predicted molar refractivity (Wildman–Crippen MR) is 85.8 cm³/mol. The fourth-order valence-corrected chi connectivity index (χ4v) is 2.92. The molecular formula is C18H15NO4. The molecule has 0 bridgehead atoms. The van der Waals surface area contributed by atoms with Gasteiger partial charge in [-0.25, -0.2) is 0 Å². The van der Waals surface area contributed by atoms with Crippen molar-refractivity contribution in [2.75, 3.05) is 13.9 Å². The maximum atomic E-state index is 12.7. The fraction of sp³-hybridized carbons (Fsp3) is 0.167. The van der Waals surface area contributed by atoms with Gasteiger partial charge >= 0.3 is 0 Å². The number of benzene rings is 2. The number of hydrogen-bond donors (Lipinski definition) is 0. The predicted octanol–water partition coefficient (Wildman–Crippen LogP) is 3.19. The highest BCUT2D eigenvalue weighted by atomic mass is 16.7. The van der Waals surface area contributed by atoms with E-state index in [4.69, 9.17) is 14.2 Å². The van der Waals surface area contributed by atoms with Gasteiger partial charge in [0.05, 0.1) is 7.11 Å². The second-order valence-corrected chi connectivity index (χ2v) is 5.42. The van der Waals surface area contributed by atoms with Crippen LogP contribution < -0.4 is 18.9 Å². The molecule has 0 atom stereocenters. The first-order valence-electron chi connectivity index (χ1n) is 7.29. The lowest BCUT2D eigenvalue weighted by Gasteiger charge is -2.12. The number of rotatable bonds is 2. The minimum atomic E-state index is 0.170. The SMILES string of the molecule is COc1ccc(-c2c3c4c(ccc3cc(C)[n+]2[O-])OCO4)cc1. The minimum Gasteiger partial charge on any atom is -0.618 e. The first kappa shape index (κ1) is 13.7. The van der Waals surface area contributed by atoms with Gasteiger partial charge in [-0.1, -0.05) is 0 Å². The number of methoxy groups -OCH3 is 1. The molecule has 0 spiro atoms. The molecule has 3 aromatic rings. The second kappa shape index (κ2) is 5.05. The van der Waals surface area contributed by atoms with E-state index in [9.17, 15) is 5.21 Å². The van der Waals surface area contributed by atoms with E-state index in [0.717, 1.165) is 26.8 Å². The Morgan fingerprint density at radius 3 is 2.61 bits per heavy atom. The van der Waals surface area contributed by atoms with E-state index in [0.29, 0.717) is 22.9 Å². The van der Waals surface area contributed by atoms with Crippen LogP contribution in [0, 0.1) is 12.1 Å². The quantitative estimate of drug-likeness (QED) is 0.539. The van der Waals surface area contributed by atoms with Crippen molar-refractivity contribution in [2.45, 2.75) is 6.92 Å². The Bertz CT molecular complexity index is 903. The van der Waals surface area contributed by atoms with E-state index >= 15 is 0 Å². The summed E-state index contributed by atoms with van der Waals surface area (Å²) in [5, 5.41) is 14.4. The molecule has 1 aliphatic heterocycles. The molecule has 0 saturated carbocycles. The number of aryl methyl sites for hydroxylation is 1. The second-order valence-electron chi connectivity index (χ2n) is 5.42. The maximum Gasteiger partial charge on any atom is 0.235 e. The highest BCUT2D eigenvalue weighted by molar-refractivity contribution is 6.00. The fourth-order valence-electron chi connectivity index (χ4n) is 2.92. The zero-order valence-electron chi connectivity index (χ0n) is 12.8.